The number of pyridine rings is 1. The predicted octanol–water partition coefficient (Wildman–Crippen LogP) is -0.957. The van der Waals surface area contributed by atoms with Crippen LogP contribution in [-0.4, -0.2) is 324 Å². The molecule has 3 rings (SSSR count). The fourth-order valence-electron chi connectivity index (χ4n) is 9.30. The minimum atomic E-state index is -5.41. The lowest BCUT2D eigenvalue weighted by Crippen LogP contribution is -2.49. The van der Waals surface area contributed by atoms with E-state index in [0.29, 0.717) is 45.3 Å². The zero-order valence-electron chi connectivity index (χ0n) is 66.6. The molecule has 0 bridgehead atoms. The van der Waals surface area contributed by atoms with E-state index in [1.165, 1.54) is 30.2 Å². The highest BCUT2D eigenvalue weighted by atomic mass is 31.3. The quantitative estimate of drug-likeness (QED) is 0.0215. The molecule has 0 spiro atoms. The van der Waals surface area contributed by atoms with E-state index in [1.54, 1.807) is 51.7 Å². The molecule has 0 aromatic carbocycles. The lowest BCUT2D eigenvalue weighted by molar-refractivity contribution is 0.0870. The van der Waals surface area contributed by atoms with Crippen LogP contribution < -0.4 is 5.32 Å². The molecule has 2 fully saturated rings. The lowest BCUT2D eigenvalue weighted by Gasteiger charge is -2.33. The molecule has 764 valence electrons. The Labute approximate surface area is 722 Å². The zero-order valence-corrected chi connectivity index (χ0v) is 80.9. The second-order valence-corrected chi connectivity index (χ2v) is 59.5. The first-order valence-electron chi connectivity index (χ1n) is 34.7. The standard InChI is InChI=1S/C8H19NO7P2.C7H17NO7P2.C7H11NO7P2.C6H17NO7P2.C5H15NO7P2.2C5H14O7P2.C4H12O7P2.2CH4/c10-8(17(11,12)13,18(14,15)16)9-7-5-3-1-2-4-6-7;9-7(16(10,11)12,17(13,14)15)3-6-8-4-1-2-5-8;9-7(16(10,11)12,17(13,14)15)4-6-2-1-3-8-5-6;1-3-7(2)5-4-6(8,15(9,10)11)16(12,13)14;1-6(2)4-3-5(7,14(8,9)10)15(11,12)13;2*1-2-3-4-5(6,13(7,8)9)14(10,11)12;1-2-3-4(5,12(6,7)8)13(9,10)11;;/h7,9-10H,1-6H2,(H2,11,12,13)(H2,14,15,16);9H,1-6H2,(H2,10,11,12)(H2,13,14,15);1-3,5,9H,4H2,(H2,10,11,12)(H2,13,14,15);8H,3-5H2,1-2H3,(H2,9,10,11)(H2,12,13,14);7H,3-4H2,1-2H3,(H2,8,9,10)(H2,11,12,13);2*6H,2-4H2,1H3,(H2,7,8,9)(H2,10,11,12);5H,2-3H2,1H3,(H2,6,7,8)(H2,9,10,11);2*1H4. The van der Waals surface area contributed by atoms with E-state index < -0.39 is 213 Å². The normalized spacial score (nSPS) is 15.8. The van der Waals surface area contributed by atoms with Gasteiger partial charge in [-0.1, -0.05) is 93.6 Å². The van der Waals surface area contributed by atoms with Crippen LogP contribution >= 0.6 is 122 Å². The van der Waals surface area contributed by atoms with Gasteiger partial charge in [-0.3, -0.25) is 83.3 Å². The van der Waals surface area contributed by atoms with Gasteiger partial charge < -0.3 is 212 Å². The molecule has 1 aromatic rings. The molecule has 77 heteroatoms. The minimum Gasteiger partial charge on any atom is -0.368 e. The third-order valence-electron chi connectivity index (χ3n) is 17.3. The smallest absolute Gasteiger partial charge is 0.368 e. The summed E-state index contributed by atoms with van der Waals surface area (Å²) in [4.78, 5) is 289. The van der Waals surface area contributed by atoms with Crippen molar-refractivity contribution in [2.24, 2.45) is 0 Å². The summed E-state index contributed by atoms with van der Waals surface area (Å²) in [7, 11) is -80.2. The van der Waals surface area contributed by atoms with Gasteiger partial charge in [-0.2, -0.15) is 0 Å². The number of hydrogen-bond donors (Lipinski definition) is 41. The van der Waals surface area contributed by atoms with Crippen molar-refractivity contribution in [1.82, 2.24) is 25.0 Å². The molecule has 1 saturated heterocycles. The number of likely N-dealkylation sites (tertiary alicyclic amines) is 1. The van der Waals surface area contributed by atoms with E-state index in [2.05, 4.69) is 10.3 Å². The Morgan fingerprint density at radius 2 is 0.611 bits per heavy atom. The van der Waals surface area contributed by atoms with Gasteiger partial charge >= 0.3 is 127 Å². The van der Waals surface area contributed by atoms with Crippen molar-refractivity contribution < 1.29 is 270 Å². The second kappa shape index (κ2) is 53.5. The van der Waals surface area contributed by atoms with Gasteiger partial charge in [-0.15, -0.1) is 0 Å². The molecular weight excluding hydrogens is 2050 g/mol. The van der Waals surface area contributed by atoms with E-state index in [0.717, 1.165) is 44.7 Å². The monoisotopic (exact) mass is 2180 g/mol. The Bertz CT molecular complexity index is 4000. The summed E-state index contributed by atoms with van der Waals surface area (Å²) < 4.78 is 174. The number of nitrogens with zero attached hydrogens (tertiary/aromatic N) is 4. The van der Waals surface area contributed by atoms with Crippen molar-refractivity contribution in [3.8, 4) is 0 Å². The number of aliphatic hydroxyl groups is 8. The first-order valence-corrected chi connectivity index (χ1v) is 60.5. The zero-order chi connectivity index (χ0) is 101. The summed E-state index contributed by atoms with van der Waals surface area (Å²) in [6.07, 6.45) is 5.26. The van der Waals surface area contributed by atoms with Crippen molar-refractivity contribution in [2.75, 3.05) is 60.4 Å². The van der Waals surface area contributed by atoms with E-state index >= 15 is 0 Å². The van der Waals surface area contributed by atoms with Crippen LogP contribution in [0.5, 0.6) is 0 Å². The van der Waals surface area contributed by atoms with E-state index in [-0.39, 0.29) is 59.3 Å². The molecule has 2 aliphatic rings. The number of aromatic nitrogens is 1. The third kappa shape index (κ3) is 42.4. The SMILES string of the molecule is C.C.CCCC(O)(P(=O)(O)O)P(=O)(O)O.CCCCC(O)(P(=O)(O)O)P(=O)(O)O.CCCCC(O)(P(=O)(O)O)P(=O)(O)O.CCN(C)CCC(O)(P(=O)(O)O)P(=O)(O)O.CN(C)CCC(O)(P(=O)(O)O)P(=O)(O)O.O=P(O)(O)C(O)(CCN1CCCC1)P(=O)(O)O.O=P(O)(O)C(O)(Cc1cccnc1)P(=O)(O)O.O=P(O)(O)C(O)(NC1CCCCCC1)P(=O)(O)O. The maximum Gasteiger partial charge on any atom is 0.384 e. The average Bonchev–Trinajstić information content (AvgIpc) is 0.836. The molecule has 1 aromatic heterocycles. The largest absolute Gasteiger partial charge is 0.384 e. The maximum atomic E-state index is 11.1. The average molecular weight is 2180 g/mol. The Kier molecular flexibility index (Phi) is 59.4. The van der Waals surface area contributed by atoms with Gasteiger partial charge in [0.05, 0.1) is 0 Å². The summed E-state index contributed by atoms with van der Waals surface area (Å²) >= 11 is 0. The van der Waals surface area contributed by atoms with Gasteiger partial charge in [0.15, 0.2) is 0 Å². The van der Waals surface area contributed by atoms with Gasteiger partial charge in [0.2, 0.25) is 0 Å². The van der Waals surface area contributed by atoms with Crippen molar-refractivity contribution in [3.63, 3.8) is 0 Å². The summed E-state index contributed by atoms with van der Waals surface area (Å²) in [5.41, 5.74) is 0.0988. The molecule has 1 aliphatic heterocycles. The van der Waals surface area contributed by atoms with Crippen LogP contribution in [0.3, 0.4) is 0 Å². The minimum absolute atomic E-state index is 0. The lowest BCUT2D eigenvalue weighted by atomic mass is 10.1. The number of unbranched alkanes of at least 4 members (excludes halogenated alkanes) is 2. The first-order chi connectivity index (χ1) is 54.3. The first kappa shape index (κ1) is 140. The van der Waals surface area contributed by atoms with E-state index in [4.69, 9.17) is 162 Å². The van der Waals surface area contributed by atoms with Gasteiger partial charge in [-0.05, 0) is 110 Å². The molecule has 2 heterocycles. The molecule has 0 atom stereocenters. The van der Waals surface area contributed by atoms with Crippen molar-refractivity contribution in [3.05, 3.63) is 30.1 Å². The van der Waals surface area contributed by atoms with Crippen LogP contribution in [-0.2, 0) is 79.5 Å². The Morgan fingerprint density at radius 1 is 0.349 bits per heavy atom. The molecule has 126 heavy (non-hydrogen) atoms. The molecule has 41 N–H and O–H groups in total. The highest BCUT2D eigenvalue weighted by Gasteiger charge is 2.65. The molecule has 0 unspecified atom stereocenters. The molecule has 0 radical (unpaired) electrons. The highest BCUT2D eigenvalue weighted by molar-refractivity contribution is 7.75. The summed E-state index contributed by atoms with van der Waals surface area (Å²) in [6, 6.07) is 2.23. The summed E-state index contributed by atoms with van der Waals surface area (Å²) in [6.45, 7) is 8.42. The van der Waals surface area contributed by atoms with Crippen LogP contribution in [0.4, 0.5) is 0 Å². The van der Waals surface area contributed by atoms with Crippen LogP contribution in [0.1, 0.15) is 170 Å². The Morgan fingerprint density at radius 3 is 0.833 bits per heavy atom. The fraction of sp³-hybridized carbons (Fsp3) is 0.898. The van der Waals surface area contributed by atoms with Crippen LogP contribution in [0, 0.1) is 0 Å². The van der Waals surface area contributed by atoms with E-state index in [9.17, 15) is 109 Å². The van der Waals surface area contributed by atoms with Crippen LogP contribution in [0.2, 0.25) is 0 Å². The van der Waals surface area contributed by atoms with Gasteiger partial charge in [0.25, 0.3) is 35.6 Å². The molecule has 61 nitrogen and oxygen atoms in total. The molecular formula is C49H127N5O56P16. The van der Waals surface area contributed by atoms with Gasteiger partial charge in [0, 0.05) is 63.8 Å². The van der Waals surface area contributed by atoms with Crippen molar-refractivity contribution in [1.29, 1.82) is 0 Å². The number of rotatable bonds is 38. The van der Waals surface area contributed by atoms with Gasteiger partial charge in [0.1, 0.15) is 0 Å². The van der Waals surface area contributed by atoms with Crippen LogP contribution in [0.15, 0.2) is 24.5 Å². The maximum absolute atomic E-state index is 11.1. The Balaban J connectivity index is -0.000000257. The third-order valence-corrected chi connectivity index (χ3v) is 47.8. The fourth-order valence-corrected chi connectivity index (χ4v) is 26.8. The summed E-state index contributed by atoms with van der Waals surface area (Å²) in [5, 5.41) is 51.0. The van der Waals surface area contributed by atoms with Crippen LogP contribution in [0.25, 0.3) is 0 Å². The second-order valence-electron chi connectivity index (χ2n) is 27.6. The predicted molar refractivity (Wildman–Crippen MR) is 444 cm³/mol. The topological polar surface area (TPSA) is 1120 Å². The molecule has 1 saturated carbocycles. The highest BCUT2D eigenvalue weighted by Crippen LogP contribution is 2.75. The number of hydrogen-bond acceptors (Lipinski definition) is 29. The molecule has 0 amide bonds. The Hall–Kier alpha value is 1.07. The van der Waals surface area contributed by atoms with Crippen molar-refractivity contribution in [2.45, 2.75) is 218 Å². The molecule has 1 aliphatic carbocycles. The van der Waals surface area contributed by atoms with Crippen molar-refractivity contribution >= 4 is 122 Å². The van der Waals surface area contributed by atoms with E-state index in [1.807, 2.05) is 0 Å². The van der Waals surface area contributed by atoms with Gasteiger partial charge in [-0.25, -0.2) is 0 Å². The number of nitrogens with one attached hydrogen (secondary N) is 1. The summed E-state index contributed by atoms with van der Waals surface area (Å²) in [5.74, 6) is 0.